The smallest absolute Gasteiger partial charge is 0.126 e. The van der Waals surface area contributed by atoms with Crippen molar-refractivity contribution in [2.24, 2.45) is 5.41 Å². The summed E-state index contributed by atoms with van der Waals surface area (Å²) in [5.74, 6) is -1.05. The van der Waals surface area contributed by atoms with Crippen LogP contribution in [0.5, 0.6) is 0 Å². The number of rotatable bonds is 4. The van der Waals surface area contributed by atoms with Crippen LogP contribution >= 0.6 is 0 Å². The fourth-order valence-electron chi connectivity index (χ4n) is 2.38. The van der Waals surface area contributed by atoms with Crippen molar-refractivity contribution in [3.8, 4) is 0 Å². The molecular weight excluding hydrogens is 248 g/mol. The largest absolute Gasteiger partial charge is 0.381 e. The van der Waals surface area contributed by atoms with E-state index in [0.717, 1.165) is 38.7 Å². The number of hydrogen-bond donors (Lipinski definition) is 1. The lowest BCUT2D eigenvalue weighted by Crippen LogP contribution is -2.37. The van der Waals surface area contributed by atoms with Gasteiger partial charge in [0, 0.05) is 31.9 Å². The lowest BCUT2D eigenvalue weighted by molar-refractivity contribution is 0.0231. The lowest BCUT2D eigenvalue weighted by Gasteiger charge is -2.34. The van der Waals surface area contributed by atoms with E-state index >= 15 is 0 Å². The molecular formula is C15H21F2NO. The minimum absolute atomic E-state index is 0.0649. The minimum Gasteiger partial charge on any atom is -0.381 e. The molecule has 1 aromatic rings. The van der Waals surface area contributed by atoms with Crippen molar-refractivity contribution in [1.82, 2.24) is 5.32 Å². The maximum absolute atomic E-state index is 13.2. The van der Waals surface area contributed by atoms with Gasteiger partial charge in [0.1, 0.15) is 11.6 Å². The molecule has 0 aromatic heterocycles. The minimum atomic E-state index is -0.527. The zero-order valence-corrected chi connectivity index (χ0v) is 11.5. The molecule has 0 amide bonds. The van der Waals surface area contributed by atoms with Gasteiger partial charge in [-0.2, -0.15) is 0 Å². The van der Waals surface area contributed by atoms with Crippen LogP contribution in [0.1, 0.15) is 38.3 Å². The first-order chi connectivity index (χ1) is 8.98. The molecule has 1 N–H and O–H groups in total. The molecule has 1 unspecified atom stereocenters. The standard InChI is InChI=1S/C15H21F2NO/c1-11(12-7-13(16)9-14(17)8-12)18-10-15(2)3-5-19-6-4-15/h7-9,11,18H,3-6,10H2,1-2H3. The van der Waals surface area contributed by atoms with E-state index < -0.39 is 11.6 Å². The van der Waals surface area contributed by atoms with Crippen LogP contribution in [-0.2, 0) is 4.74 Å². The van der Waals surface area contributed by atoms with Gasteiger partial charge in [0.15, 0.2) is 0 Å². The molecule has 2 rings (SSSR count). The zero-order valence-electron chi connectivity index (χ0n) is 11.5. The molecule has 1 fully saturated rings. The van der Waals surface area contributed by atoms with E-state index in [2.05, 4.69) is 12.2 Å². The second kappa shape index (κ2) is 5.97. The SMILES string of the molecule is CC(NCC1(C)CCOCC1)c1cc(F)cc(F)c1. The third-order valence-corrected chi connectivity index (χ3v) is 3.92. The quantitative estimate of drug-likeness (QED) is 0.904. The predicted octanol–water partition coefficient (Wildman–Crippen LogP) is 3.43. The van der Waals surface area contributed by atoms with Crippen molar-refractivity contribution in [3.05, 3.63) is 35.4 Å². The summed E-state index contributed by atoms with van der Waals surface area (Å²) in [5.41, 5.74) is 0.853. The van der Waals surface area contributed by atoms with Crippen molar-refractivity contribution in [2.75, 3.05) is 19.8 Å². The average Bonchev–Trinajstić information content (AvgIpc) is 2.36. The molecule has 1 aliphatic heterocycles. The van der Waals surface area contributed by atoms with Gasteiger partial charge >= 0.3 is 0 Å². The molecule has 106 valence electrons. The van der Waals surface area contributed by atoms with Crippen LogP contribution < -0.4 is 5.32 Å². The van der Waals surface area contributed by atoms with Gasteiger partial charge in [0.05, 0.1) is 0 Å². The summed E-state index contributed by atoms with van der Waals surface area (Å²) < 4.78 is 31.7. The van der Waals surface area contributed by atoms with Gasteiger partial charge in [-0.25, -0.2) is 8.78 Å². The van der Waals surface area contributed by atoms with Gasteiger partial charge in [-0.1, -0.05) is 6.92 Å². The Kier molecular flexibility index (Phi) is 4.53. The van der Waals surface area contributed by atoms with Gasteiger partial charge in [-0.15, -0.1) is 0 Å². The highest BCUT2D eigenvalue weighted by Crippen LogP contribution is 2.29. The van der Waals surface area contributed by atoms with Gasteiger partial charge in [-0.05, 0) is 42.9 Å². The molecule has 0 bridgehead atoms. The highest BCUT2D eigenvalue weighted by atomic mass is 19.1. The summed E-state index contributed by atoms with van der Waals surface area (Å²) in [6.07, 6.45) is 2.04. The van der Waals surface area contributed by atoms with Crippen LogP contribution in [0.4, 0.5) is 8.78 Å². The van der Waals surface area contributed by atoms with Crippen LogP contribution in [0.25, 0.3) is 0 Å². The second-order valence-corrected chi connectivity index (χ2v) is 5.73. The molecule has 19 heavy (non-hydrogen) atoms. The monoisotopic (exact) mass is 269 g/mol. The van der Waals surface area contributed by atoms with Crippen molar-refractivity contribution < 1.29 is 13.5 Å². The van der Waals surface area contributed by atoms with Crippen molar-refractivity contribution >= 4 is 0 Å². The van der Waals surface area contributed by atoms with Crippen LogP contribution in [0, 0.1) is 17.0 Å². The summed E-state index contributed by atoms with van der Waals surface area (Å²) in [5, 5.41) is 3.37. The maximum atomic E-state index is 13.2. The molecule has 1 heterocycles. The maximum Gasteiger partial charge on any atom is 0.126 e. The van der Waals surface area contributed by atoms with Crippen molar-refractivity contribution in [1.29, 1.82) is 0 Å². The first-order valence-electron chi connectivity index (χ1n) is 6.76. The molecule has 2 nitrogen and oxygen atoms in total. The first-order valence-corrected chi connectivity index (χ1v) is 6.76. The van der Waals surface area contributed by atoms with E-state index in [1.54, 1.807) is 0 Å². The normalized spacial score (nSPS) is 20.2. The molecule has 0 spiro atoms. The van der Waals surface area contributed by atoms with Gasteiger partial charge in [0.2, 0.25) is 0 Å². The second-order valence-electron chi connectivity index (χ2n) is 5.73. The van der Waals surface area contributed by atoms with Crippen molar-refractivity contribution in [2.45, 2.75) is 32.7 Å². The highest BCUT2D eigenvalue weighted by Gasteiger charge is 2.27. The molecule has 1 aromatic carbocycles. The topological polar surface area (TPSA) is 21.3 Å². The van der Waals surface area contributed by atoms with E-state index in [9.17, 15) is 8.78 Å². The summed E-state index contributed by atoms with van der Waals surface area (Å²) >= 11 is 0. The van der Waals surface area contributed by atoms with E-state index in [-0.39, 0.29) is 11.5 Å². The van der Waals surface area contributed by atoms with E-state index in [4.69, 9.17) is 4.74 Å². The Morgan fingerprint density at radius 3 is 2.37 bits per heavy atom. The summed E-state index contributed by atoms with van der Waals surface area (Å²) in [6, 6.07) is 3.60. The lowest BCUT2D eigenvalue weighted by atomic mass is 9.82. The third kappa shape index (κ3) is 3.98. The number of halogens is 2. The Morgan fingerprint density at radius 2 is 1.79 bits per heavy atom. The third-order valence-electron chi connectivity index (χ3n) is 3.92. The molecule has 4 heteroatoms. The Labute approximate surface area is 113 Å². The average molecular weight is 269 g/mol. The molecule has 0 aliphatic carbocycles. The molecule has 1 atom stereocenters. The van der Waals surface area contributed by atoms with Crippen LogP contribution in [0.2, 0.25) is 0 Å². The number of ether oxygens (including phenoxy) is 1. The molecule has 0 saturated carbocycles. The number of hydrogen-bond acceptors (Lipinski definition) is 2. The molecule has 1 aliphatic rings. The Bertz CT molecular complexity index is 410. The summed E-state index contributed by atoms with van der Waals surface area (Å²) in [7, 11) is 0. The van der Waals surface area contributed by atoms with Crippen LogP contribution in [0.3, 0.4) is 0 Å². The summed E-state index contributed by atoms with van der Waals surface area (Å²) in [4.78, 5) is 0. The van der Waals surface area contributed by atoms with E-state index in [0.29, 0.717) is 5.56 Å². The Morgan fingerprint density at radius 1 is 1.21 bits per heavy atom. The van der Waals surface area contributed by atoms with E-state index in [1.807, 2.05) is 6.92 Å². The van der Waals surface area contributed by atoms with Gasteiger partial charge < -0.3 is 10.1 Å². The first kappa shape index (κ1) is 14.4. The Balaban J connectivity index is 1.95. The van der Waals surface area contributed by atoms with Crippen LogP contribution in [0.15, 0.2) is 18.2 Å². The zero-order chi connectivity index (χ0) is 13.9. The van der Waals surface area contributed by atoms with Crippen molar-refractivity contribution in [3.63, 3.8) is 0 Å². The fraction of sp³-hybridized carbons (Fsp3) is 0.600. The Hall–Kier alpha value is -1.00. The number of benzene rings is 1. The molecule has 0 radical (unpaired) electrons. The highest BCUT2D eigenvalue weighted by molar-refractivity contribution is 5.20. The van der Waals surface area contributed by atoms with Crippen LogP contribution in [-0.4, -0.2) is 19.8 Å². The number of nitrogens with one attached hydrogen (secondary N) is 1. The summed E-state index contributed by atoms with van der Waals surface area (Å²) in [6.45, 7) is 6.57. The van der Waals surface area contributed by atoms with E-state index in [1.165, 1.54) is 12.1 Å². The molecule has 1 saturated heterocycles. The van der Waals surface area contributed by atoms with Gasteiger partial charge in [-0.3, -0.25) is 0 Å². The van der Waals surface area contributed by atoms with Gasteiger partial charge in [0.25, 0.3) is 0 Å². The predicted molar refractivity (Wildman–Crippen MR) is 70.9 cm³/mol. The fourth-order valence-corrected chi connectivity index (χ4v) is 2.38.